The lowest BCUT2D eigenvalue weighted by atomic mass is 10.2. The van der Waals surface area contributed by atoms with E-state index in [4.69, 9.17) is 14.0 Å². The van der Waals surface area contributed by atoms with Crippen LogP contribution in [0.3, 0.4) is 0 Å². The molecule has 2 aromatic carbocycles. The van der Waals surface area contributed by atoms with Crippen LogP contribution in [0.4, 0.5) is 11.5 Å². The van der Waals surface area contributed by atoms with Gasteiger partial charge < -0.3 is 24.6 Å². The molecular formula is C21H21N3O5S. The van der Waals surface area contributed by atoms with Crippen molar-refractivity contribution in [3.8, 4) is 11.5 Å². The first-order valence-corrected chi connectivity index (χ1v) is 9.96. The highest BCUT2D eigenvalue weighted by Crippen LogP contribution is 2.28. The molecule has 1 heterocycles. The highest BCUT2D eigenvalue weighted by atomic mass is 32.2. The highest BCUT2D eigenvalue weighted by molar-refractivity contribution is 8.00. The third kappa shape index (κ3) is 5.54. The standard InChI is InChI=1S/C21H21N3O5S/c1-13-9-19(24-29-13)23-20(25)12-30-16-6-4-5-15(11-16)22-21(26)14-7-8-17(27-2)18(10-14)28-3/h4-11H,12H2,1-3H3,(H,22,26)(H,23,24,25). The summed E-state index contributed by atoms with van der Waals surface area (Å²) in [6, 6.07) is 13.9. The van der Waals surface area contributed by atoms with E-state index in [0.717, 1.165) is 4.90 Å². The summed E-state index contributed by atoms with van der Waals surface area (Å²) in [4.78, 5) is 25.5. The largest absolute Gasteiger partial charge is 0.493 e. The number of nitrogens with zero attached hydrogens (tertiary/aromatic N) is 1. The Balaban J connectivity index is 1.59. The van der Waals surface area contributed by atoms with E-state index in [1.54, 1.807) is 43.3 Å². The van der Waals surface area contributed by atoms with Crippen LogP contribution < -0.4 is 20.1 Å². The Kier molecular flexibility index (Phi) is 6.97. The Morgan fingerprint density at radius 3 is 2.53 bits per heavy atom. The molecule has 1 aromatic heterocycles. The molecule has 3 aromatic rings. The average Bonchev–Trinajstić information content (AvgIpc) is 3.16. The Bertz CT molecular complexity index is 1050. The van der Waals surface area contributed by atoms with Crippen molar-refractivity contribution in [3.05, 3.63) is 59.9 Å². The van der Waals surface area contributed by atoms with E-state index in [0.29, 0.717) is 34.3 Å². The van der Waals surface area contributed by atoms with E-state index in [2.05, 4.69) is 15.8 Å². The average molecular weight is 427 g/mol. The van der Waals surface area contributed by atoms with Gasteiger partial charge in [0.1, 0.15) is 5.76 Å². The summed E-state index contributed by atoms with van der Waals surface area (Å²) in [7, 11) is 3.05. The second-order valence-electron chi connectivity index (χ2n) is 6.21. The van der Waals surface area contributed by atoms with Gasteiger partial charge >= 0.3 is 0 Å². The Hall–Kier alpha value is -3.46. The number of hydrogen-bond acceptors (Lipinski definition) is 7. The van der Waals surface area contributed by atoms with E-state index in [1.165, 1.54) is 26.0 Å². The summed E-state index contributed by atoms with van der Waals surface area (Å²) in [5.41, 5.74) is 1.06. The highest BCUT2D eigenvalue weighted by Gasteiger charge is 2.12. The van der Waals surface area contributed by atoms with Crippen LogP contribution in [0.25, 0.3) is 0 Å². The first-order valence-electron chi connectivity index (χ1n) is 8.98. The molecule has 0 radical (unpaired) electrons. The summed E-state index contributed by atoms with van der Waals surface area (Å²) >= 11 is 1.34. The molecule has 2 N–H and O–H groups in total. The minimum atomic E-state index is -0.280. The zero-order valence-corrected chi connectivity index (χ0v) is 17.5. The number of carbonyl (C=O) groups excluding carboxylic acids is 2. The first-order chi connectivity index (χ1) is 14.5. The van der Waals surface area contributed by atoms with Gasteiger partial charge in [0.2, 0.25) is 5.91 Å². The minimum absolute atomic E-state index is 0.193. The number of benzene rings is 2. The van der Waals surface area contributed by atoms with Crippen LogP contribution in [-0.2, 0) is 4.79 Å². The van der Waals surface area contributed by atoms with Crippen molar-refractivity contribution in [2.75, 3.05) is 30.6 Å². The number of hydrogen-bond donors (Lipinski definition) is 2. The third-order valence-electron chi connectivity index (χ3n) is 4.00. The van der Waals surface area contributed by atoms with Gasteiger partial charge in [-0.25, -0.2) is 0 Å². The second kappa shape index (κ2) is 9.84. The Morgan fingerprint density at radius 2 is 1.83 bits per heavy atom. The maximum absolute atomic E-state index is 12.6. The van der Waals surface area contributed by atoms with Crippen LogP contribution in [0.5, 0.6) is 11.5 Å². The van der Waals surface area contributed by atoms with E-state index in [9.17, 15) is 9.59 Å². The fraction of sp³-hybridized carbons (Fsp3) is 0.190. The molecule has 0 bridgehead atoms. The lowest BCUT2D eigenvalue weighted by Crippen LogP contribution is -2.14. The summed E-state index contributed by atoms with van der Waals surface area (Å²) < 4.78 is 15.3. The van der Waals surface area contributed by atoms with Crippen molar-refractivity contribution in [3.63, 3.8) is 0 Å². The number of thioether (sulfide) groups is 1. The van der Waals surface area contributed by atoms with Crippen molar-refractivity contribution in [1.82, 2.24) is 5.16 Å². The van der Waals surface area contributed by atoms with Crippen LogP contribution in [0.1, 0.15) is 16.1 Å². The third-order valence-corrected chi connectivity index (χ3v) is 5.00. The van der Waals surface area contributed by atoms with E-state index in [-0.39, 0.29) is 17.6 Å². The lowest BCUT2D eigenvalue weighted by molar-refractivity contribution is -0.113. The molecule has 0 unspecified atom stereocenters. The number of aryl methyl sites for hydroxylation is 1. The topological polar surface area (TPSA) is 103 Å². The summed E-state index contributed by atoms with van der Waals surface area (Å²) in [5.74, 6) is 1.74. The molecule has 156 valence electrons. The SMILES string of the molecule is COc1ccc(C(=O)Nc2cccc(SCC(=O)Nc3cc(C)on3)c2)cc1OC. The molecule has 0 aliphatic rings. The predicted molar refractivity (Wildman–Crippen MR) is 115 cm³/mol. The van der Waals surface area contributed by atoms with Crippen LogP contribution in [-0.4, -0.2) is 36.9 Å². The van der Waals surface area contributed by atoms with Gasteiger partial charge in [-0.2, -0.15) is 0 Å². The number of methoxy groups -OCH3 is 2. The van der Waals surface area contributed by atoms with Crippen molar-refractivity contribution in [2.45, 2.75) is 11.8 Å². The number of anilines is 2. The molecule has 0 saturated carbocycles. The van der Waals surface area contributed by atoms with E-state index in [1.807, 2.05) is 12.1 Å². The normalized spacial score (nSPS) is 10.4. The number of nitrogens with one attached hydrogen (secondary N) is 2. The van der Waals surface area contributed by atoms with Gasteiger partial charge in [0, 0.05) is 22.2 Å². The monoisotopic (exact) mass is 427 g/mol. The fourth-order valence-corrected chi connectivity index (χ4v) is 3.35. The van der Waals surface area contributed by atoms with Crippen LogP contribution in [0.15, 0.2) is 57.9 Å². The Labute approximate surface area is 177 Å². The number of rotatable bonds is 8. The quantitative estimate of drug-likeness (QED) is 0.524. The van der Waals surface area contributed by atoms with Crippen molar-refractivity contribution >= 4 is 35.1 Å². The number of carbonyl (C=O) groups is 2. The lowest BCUT2D eigenvalue weighted by Gasteiger charge is -2.10. The van der Waals surface area contributed by atoms with Crippen molar-refractivity contribution < 1.29 is 23.6 Å². The van der Waals surface area contributed by atoms with Crippen LogP contribution in [0, 0.1) is 6.92 Å². The summed E-state index contributed by atoms with van der Waals surface area (Å²) in [6.45, 7) is 1.75. The number of aromatic nitrogens is 1. The zero-order valence-electron chi connectivity index (χ0n) is 16.7. The minimum Gasteiger partial charge on any atom is -0.493 e. The molecule has 30 heavy (non-hydrogen) atoms. The number of ether oxygens (including phenoxy) is 2. The second-order valence-corrected chi connectivity index (χ2v) is 7.26. The molecule has 0 spiro atoms. The molecule has 0 fully saturated rings. The molecule has 0 saturated heterocycles. The van der Waals surface area contributed by atoms with Gasteiger partial charge in [0.25, 0.3) is 5.91 Å². The van der Waals surface area contributed by atoms with Gasteiger partial charge in [-0.05, 0) is 43.3 Å². The molecule has 0 aliphatic carbocycles. The van der Waals surface area contributed by atoms with Gasteiger partial charge in [-0.1, -0.05) is 11.2 Å². The smallest absolute Gasteiger partial charge is 0.255 e. The van der Waals surface area contributed by atoms with Crippen LogP contribution >= 0.6 is 11.8 Å². The van der Waals surface area contributed by atoms with Crippen LogP contribution in [0.2, 0.25) is 0 Å². The van der Waals surface area contributed by atoms with Gasteiger partial charge in [0.05, 0.1) is 20.0 Å². The van der Waals surface area contributed by atoms with Crippen molar-refractivity contribution in [2.24, 2.45) is 0 Å². The molecule has 0 atom stereocenters. The van der Waals surface area contributed by atoms with Gasteiger partial charge in [0.15, 0.2) is 17.3 Å². The maximum Gasteiger partial charge on any atom is 0.255 e. The molecule has 0 aliphatic heterocycles. The molecular weight excluding hydrogens is 406 g/mol. The summed E-state index contributed by atoms with van der Waals surface area (Å²) in [5, 5.41) is 9.24. The molecule has 8 nitrogen and oxygen atoms in total. The molecule has 9 heteroatoms. The maximum atomic E-state index is 12.6. The van der Waals surface area contributed by atoms with E-state index >= 15 is 0 Å². The zero-order chi connectivity index (χ0) is 21.5. The van der Waals surface area contributed by atoms with E-state index < -0.39 is 0 Å². The van der Waals surface area contributed by atoms with Gasteiger partial charge in [-0.3, -0.25) is 9.59 Å². The molecule has 3 rings (SSSR count). The Morgan fingerprint density at radius 1 is 1.03 bits per heavy atom. The fourth-order valence-electron chi connectivity index (χ4n) is 2.60. The van der Waals surface area contributed by atoms with Crippen molar-refractivity contribution in [1.29, 1.82) is 0 Å². The predicted octanol–water partition coefficient (Wildman–Crippen LogP) is 3.98. The first kappa shape index (κ1) is 21.3. The summed E-state index contributed by atoms with van der Waals surface area (Å²) in [6.07, 6.45) is 0. The van der Waals surface area contributed by atoms with Gasteiger partial charge in [-0.15, -0.1) is 11.8 Å². The number of amides is 2. The molecule has 2 amide bonds.